The zero-order valence-electron chi connectivity index (χ0n) is 10.3. The van der Waals surface area contributed by atoms with Gasteiger partial charge in [0, 0.05) is 19.3 Å². The van der Waals surface area contributed by atoms with Crippen LogP contribution in [0.4, 0.5) is 5.95 Å². The van der Waals surface area contributed by atoms with Gasteiger partial charge in [0.15, 0.2) is 0 Å². The molecular weight excluding hydrogens is 234 g/mol. The number of nitrogens with zero attached hydrogens (tertiary/aromatic N) is 2. The molecule has 2 heterocycles. The number of carboxylic acid groups (broad SMARTS) is 1. The molecule has 2 N–H and O–H groups in total. The second-order valence-electron chi connectivity index (χ2n) is 4.37. The van der Waals surface area contributed by atoms with Crippen molar-refractivity contribution >= 4 is 11.9 Å². The van der Waals surface area contributed by atoms with Crippen molar-refractivity contribution in [3.8, 4) is 0 Å². The monoisotopic (exact) mass is 251 g/mol. The normalized spacial score (nSPS) is 19.5. The number of hydrogen-bond acceptors (Lipinski definition) is 5. The number of rotatable bonds is 4. The van der Waals surface area contributed by atoms with Gasteiger partial charge in [0.25, 0.3) is 0 Å². The van der Waals surface area contributed by atoms with Gasteiger partial charge in [-0.3, -0.25) is 0 Å². The third kappa shape index (κ3) is 3.16. The molecular formula is C12H17N3O3. The molecule has 0 bridgehead atoms. The molecule has 0 radical (unpaired) electrons. The van der Waals surface area contributed by atoms with Gasteiger partial charge in [-0.15, -0.1) is 0 Å². The van der Waals surface area contributed by atoms with E-state index in [9.17, 15) is 4.79 Å². The van der Waals surface area contributed by atoms with Gasteiger partial charge in [0.2, 0.25) is 5.95 Å². The molecule has 0 saturated carbocycles. The fraction of sp³-hybridized carbons (Fsp3) is 0.583. The molecule has 1 atom stereocenters. The lowest BCUT2D eigenvalue weighted by molar-refractivity contribution is 0.0246. The van der Waals surface area contributed by atoms with Crippen molar-refractivity contribution in [2.45, 2.75) is 32.3 Å². The van der Waals surface area contributed by atoms with Crippen molar-refractivity contribution in [1.29, 1.82) is 0 Å². The van der Waals surface area contributed by atoms with Crippen LogP contribution in [0.15, 0.2) is 6.20 Å². The van der Waals surface area contributed by atoms with E-state index in [1.807, 2.05) is 0 Å². The summed E-state index contributed by atoms with van der Waals surface area (Å²) in [5.74, 6) is -0.554. The van der Waals surface area contributed by atoms with Gasteiger partial charge in [0.05, 0.1) is 17.4 Å². The van der Waals surface area contributed by atoms with Gasteiger partial charge in [0.1, 0.15) is 0 Å². The Balaban J connectivity index is 1.93. The van der Waals surface area contributed by atoms with Crippen LogP contribution in [0.25, 0.3) is 0 Å². The first-order chi connectivity index (χ1) is 8.66. The Labute approximate surface area is 105 Å². The van der Waals surface area contributed by atoms with Crippen LogP contribution in [0.1, 0.15) is 35.3 Å². The van der Waals surface area contributed by atoms with Crippen molar-refractivity contribution in [1.82, 2.24) is 9.97 Å². The van der Waals surface area contributed by atoms with Gasteiger partial charge < -0.3 is 15.2 Å². The Morgan fingerprint density at radius 2 is 2.44 bits per heavy atom. The minimum absolute atomic E-state index is 0.134. The molecule has 18 heavy (non-hydrogen) atoms. The zero-order chi connectivity index (χ0) is 13.0. The fourth-order valence-electron chi connectivity index (χ4n) is 1.94. The molecule has 1 aromatic heterocycles. The van der Waals surface area contributed by atoms with E-state index in [4.69, 9.17) is 9.84 Å². The third-order valence-electron chi connectivity index (χ3n) is 2.97. The summed E-state index contributed by atoms with van der Waals surface area (Å²) in [6.45, 7) is 3.13. The first-order valence-electron chi connectivity index (χ1n) is 6.09. The predicted octanol–water partition coefficient (Wildman–Crippen LogP) is 1.46. The minimum Gasteiger partial charge on any atom is -0.478 e. The molecule has 2 rings (SSSR count). The van der Waals surface area contributed by atoms with E-state index in [1.165, 1.54) is 12.6 Å². The lowest BCUT2D eigenvalue weighted by Gasteiger charge is -2.22. The van der Waals surface area contributed by atoms with Crippen molar-refractivity contribution in [2.24, 2.45) is 0 Å². The molecule has 1 saturated heterocycles. The smallest absolute Gasteiger partial charge is 0.339 e. The highest BCUT2D eigenvalue weighted by atomic mass is 16.5. The van der Waals surface area contributed by atoms with Crippen molar-refractivity contribution < 1.29 is 14.6 Å². The predicted molar refractivity (Wildman–Crippen MR) is 65.8 cm³/mol. The second-order valence-corrected chi connectivity index (χ2v) is 4.37. The van der Waals surface area contributed by atoms with Crippen LogP contribution < -0.4 is 5.32 Å². The number of carbonyl (C=O) groups is 1. The van der Waals surface area contributed by atoms with Gasteiger partial charge >= 0.3 is 5.97 Å². The van der Waals surface area contributed by atoms with Crippen LogP contribution in [0.5, 0.6) is 0 Å². The summed E-state index contributed by atoms with van der Waals surface area (Å²) in [5, 5.41) is 12.0. The maximum Gasteiger partial charge on any atom is 0.339 e. The van der Waals surface area contributed by atoms with Crippen molar-refractivity contribution in [3.63, 3.8) is 0 Å². The van der Waals surface area contributed by atoms with E-state index in [-0.39, 0.29) is 11.7 Å². The molecule has 6 nitrogen and oxygen atoms in total. The highest BCUT2D eigenvalue weighted by molar-refractivity contribution is 5.88. The molecule has 0 spiro atoms. The average molecular weight is 251 g/mol. The Morgan fingerprint density at radius 3 is 3.06 bits per heavy atom. The number of aromatic carboxylic acids is 1. The van der Waals surface area contributed by atoms with Crippen LogP contribution in [-0.2, 0) is 4.74 Å². The maximum atomic E-state index is 10.8. The molecule has 1 fully saturated rings. The second kappa shape index (κ2) is 5.77. The minimum atomic E-state index is -1.00. The summed E-state index contributed by atoms with van der Waals surface area (Å²) >= 11 is 0. The maximum absolute atomic E-state index is 10.8. The standard InChI is InChI=1S/C12H17N3O3/c1-8-10(11(16)17)7-14-12(15-8)13-6-9-4-2-3-5-18-9/h7,9H,2-6H2,1H3,(H,16,17)(H,13,14,15). The van der Waals surface area contributed by atoms with Gasteiger partial charge in [-0.25, -0.2) is 14.8 Å². The number of nitrogens with one attached hydrogen (secondary N) is 1. The lowest BCUT2D eigenvalue weighted by atomic mass is 10.1. The van der Waals surface area contributed by atoms with Crippen molar-refractivity contribution in [3.05, 3.63) is 17.5 Å². The molecule has 6 heteroatoms. The van der Waals surface area contributed by atoms with Crippen LogP contribution in [-0.4, -0.2) is 40.3 Å². The molecule has 1 aromatic rings. The summed E-state index contributed by atoms with van der Waals surface area (Å²) in [7, 11) is 0. The zero-order valence-corrected chi connectivity index (χ0v) is 10.3. The molecule has 1 unspecified atom stereocenters. The highest BCUT2D eigenvalue weighted by Crippen LogP contribution is 2.13. The molecule has 1 aliphatic rings. The summed E-state index contributed by atoms with van der Waals surface area (Å²) in [6.07, 6.45) is 4.87. The molecule has 1 aliphatic heterocycles. The number of aryl methyl sites for hydroxylation is 1. The number of ether oxygens (including phenoxy) is 1. The van der Waals surface area contributed by atoms with Crippen molar-refractivity contribution in [2.75, 3.05) is 18.5 Å². The lowest BCUT2D eigenvalue weighted by Crippen LogP contribution is -2.27. The summed E-state index contributed by atoms with van der Waals surface area (Å²) < 4.78 is 5.58. The van der Waals surface area contributed by atoms with Crippen LogP contribution in [0.3, 0.4) is 0 Å². The SMILES string of the molecule is Cc1nc(NCC2CCCCO2)ncc1C(=O)O. The number of aromatic nitrogens is 2. The highest BCUT2D eigenvalue weighted by Gasteiger charge is 2.14. The van der Waals surface area contributed by atoms with E-state index in [2.05, 4.69) is 15.3 Å². The van der Waals surface area contributed by atoms with E-state index in [0.717, 1.165) is 19.4 Å². The molecule has 0 amide bonds. The van der Waals surface area contributed by atoms with Gasteiger partial charge in [-0.1, -0.05) is 0 Å². The summed E-state index contributed by atoms with van der Waals surface area (Å²) in [5.41, 5.74) is 0.596. The van der Waals surface area contributed by atoms with E-state index in [1.54, 1.807) is 6.92 Å². The van der Waals surface area contributed by atoms with Gasteiger partial charge in [-0.2, -0.15) is 0 Å². The quantitative estimate of drug-likeness (QED) is 0.842. The number of hydrogen-bond donors (Lipinski definition) is 2. The van der Waals surface area contributed by atoms with Gasteiger partial charge in [-0.05, 0) is 26.2 Å². The fourth-order valence-corrected chi connectivity index (χ4v) is 1.94. The average Bonchev–Trinajstić information content (AvgIpc) is 2.37. The Hall–Kier alpha value is -1.69. The Bertz CT molecular complexity index is 431. The van der Waals surface area contributed by atoms with Crippen LogP contribution >= 0.6 is 0 Å². The molecule has 0 aliphatic carbocycles. The van der Waals surface area contributed by atoms with E-state index < -0.39 is 5.97 Å². The molecule has 0 aromatic carbocycles. The van der Waals surface area contributed by atoms with E-state index >= 15 is 0 Å². The largest absolute Gasteiger partial charge is 0.478 e. The summed E-state index contributed by atoms with van der Waals surface area (Å²) in [4.78, 5) is 18.9. The Morgan fingerprint density at radius 1 is 1.61 bits per heavy atom. The van der Waals surface area contributed by atoms with E-state index in [0.29, 0.717) is 18.2 Å². The first-order valence-corrected chi connectivity index (χ1v) is 6.09. The topological polar surface area (TPSA) is 84.3 Å². The number of anilines is 1. The molecule has 98 valence electrons. The third-order valence-corrected chi connectivity index (χ3v) is 2.97. The Kier molecular flexibility index (Phi) is 4.09. The van der Waals surface area contributed by atoms with Crippen LogP contribution in [0.2, 0.25) is 0 Å². The number of carboxylic acids is 1. The summed E-state index contributed by atoms with van der Waals surface area (Å²) in [6, 6.07) is 0. The van der Waals surface area contributed by atoms with Crippen LogP contribution in [0, 0.1) is 6.92 Å². The first kappa shape index (κ1) is 12.8.